The summed E-state index contributed by atoms with van der Waals surface area (Å²) in [5.41, 5.74) is 6.64. The third-order valence-electron chi connectivity index (χ3n) is 6.35. The average Bonchev–Trinajstić information content (AvgIpc) is 2.96. The molecule has 0 saturated carbocycles. The number of ether oxygens (including phenoxy) is 1. The molecular formula is C27H25FN2O2. The molecule has 1 aliphatic heterocycles. The molecule has 0 fully saturated rings. The normalized spacial score (nSPS) is 19.9. The maximum atomic E-state index is 13.6. The fourth-order valence-corrected chi connectivity index (χ4v) is 4.68. The van der Waals surface area contributed by atoms with E-state index in [0.29, 0.717) is 6.42 Å². The maximum Gasteiger partial charge on any atom is 0.163 e. The molecule has 0 spiro atoms. The second kappa shape index (κ2) is 8.15. The van der Waals surface area contributed by atoms with E-state index in [0.717, 1.165) is 51.5 Å². The van der Waals surface area contributed by atoms with Crippen molar-refractivity contribution < 1.29 is 13.9 Å². The number of hydrogen-bond donors (Lipinski definition) is 2. The van der Waals surface area contributed by atoms with Crippen LogP contribution in [-0.4, -0.2) is 12.9 Å². The molecule has 2 atom stereocenters. The smallest absolute Gasteiger partial charge is 0.163 e. The molecule has 0 unspecified atom stereocenters. The van der Waals surface area contributed by atoms with Gasteiger partial charge in [0.25, 0.3) is 0 Å². The van der Waals surface area contributed by atoms with Crippen LogP contribution in [0.3, 0.4) is 0 Å². The zero-order valence-electron chi connectivity index (χ0n) is 18.1. The van der Waals surface area contributed by atoms with E-state index in [1.165, 1.54) is 12.1 Å². The van der Waals surface area contributed by atoms with E-state index >= 15 is 0 Å². The van der Waals surface area contributed by atoms with Gasteiger partial charge in [-0.2, -0.15) is 0 Å². The summed E-state index contributed by atoms with van der Waals surface area (Å²) in [7, 11) is 1.65. The minimum absolute atomic E-state index is 0.0838. The second-order valence-corrected chi connectivity index (χ2v) is 8.50. The standard InChI is InChI=1S/C27H25FN2O2/c1-16-3-12-22-23(13-16)30-27(18-4-8-20(28)9-5-18)26-24(29-22)14-19(15-25(26)31)17-6-10-21(32-2)11-7-17/h3-13,19,27,29-30H,14-15H2,1-2H3/t19-,27+/m0/s1. The van der Waals surface area contributed by atoms with Gasteiger partial charge in [-0.15, -0.1) is 0 Å². The van der Waals surface area contributed by atoms with Gasteiger partial charge < -0.3 is 15.4 Å². The van der Waals surface area contributed by atoms with Gasteiger partial charge in [0, 0.05) is 17.7 Å². The minimum Gasteiger partial charge on any atom is -0.497 e. The van der Waals surface area contributed by atoms with Crippen LogP contribution in [0.15, 0.2) is 78.0 Å². The highest BCUT2D eigenvalue weighted by Crippen LogP contribution is 2.44. The fraction of sp³-hybridized carbons (Fsp3) is 0.222. The lowest BCUT2D eigenvalue weighted by Crippen LogP contribution is -2.26. The molecule has 5 rings (SSSR count). The number of Topliss-reactive ketones (excluding diaryl/α,β-unsaturated/α-hetero) is 1. The van der Waals surface area contributed by atoms with E-state index in [1.54, 1.807) is 19.2 Å². The number of hydrogen-bond acceptors (Lipinski definition) is 4. The summed E-state index contributed by atoms with van der Waals surface area (Å²) in [5.74, 6) is 0.695. The molecule has 2 N–H and O–H groups in total. The Morgan fingerprint density at radius 2 is 1.62 bits per heavy atom. The molecule has 1 aliphatic carbocycles. The number of nitrogens with one attached hydrogen (secondary N) is 2. The number of aryl methyl sites for hydroxylation is 1. The summed E-state index contributed by atoms with van der Waals surface area (Å²) in [5, 5.41) is 7.11. The molecule has 3 aromatic carbocycles. The highest BCUT2D eigenvalue weighted by molar-refractivity contribution is 6.01. The van der Waals surface area contributed by atoms with Crippen molar-refractivity contribution in [1.82, 2.24) is 0 Å². The van der Waals surface area contributed by atoms with E-state index in [9.17, 15) is 9.18 Å². The molecule has 5 heteroatoms. The highest BCUT2D eigenvalue weighted by Gasteiger charge is 2.36. The van der Waals surface area contributed by atoms with Crippen molar-refractivity contribution in [1.29, 1.82) is 0 Å². The predicted molar refractivity (Wildman–Crippen MR) is 125 cm³/mol. The molecular weight excluding hydrogens is 403 g/mol. The molecule has 0 radical (unpaired) electrons. The number of halogens is 1. The molecule has 162 valence electrons. The Kier molecular flexibility index (Phi) is 5.17. The number of benzene rings is 3. The number of allylic oxidation sites excluding steroid dienone is 1. The summed E-state index contributed by atoms with van der Waals surface area (Å²) < 4.78 is 18.9. The molecule has 32 heavy (non-hydrogen) atoms. The number of anilines is 2. The molecule has 3 aromatic rings. The van der Waals surface area contributed by atoms with Gasteiger partial charge in [-0.1, -0.05) is 30.3 Å². The summed E-state index contributed by atoms with van der Waals surface area (Å²) >= 11 is 0. The van der Waals surface area contributed by atoms with Crippen molar-refractivity contribution in [2.45, 2.75) is 31.7 Å². The lowest BCUT2D eigenvalue weighted by molar-refractivity contribution is -0.116. The van der Waals surface area contributed by atoms with Crippen LogP contribution < -0.4 is 15.4 Å². The SMILES string of the molecule is COc1ccc([C@@H]2CC(=O)C3=C(C2)Nc2ccc(C)cc2N[C@@H]3c2ccc(F)cc2)cc1. The third kappa shape index (κ3) is 3.75. The van der Waals surface area contributed by atoms with Gasteiger partial charge >= 0.3 is 0 Å². The Labute approximate surface area is 187 Å². The monoisotopic (exact) mass is 428 g/mol. The van der Waals surface area contributed by atoms with Crippen molar-refractivity contribution in [3.8, 4) is 5.75 Å². The van der Waals surface area contributed by atoms with E-state index in [1.807, 2.05) is 37.3 Å². The lowest BCUT2D eigenvalue weighted by atomic mass is 9.78. The number of methoxy groups -OCH3 is 1. The maximum absolute atomic E-state index is 13.6. The van der Waals surface area contributed by atoms with Crippen LogP contribution >= 0.6 is 0 Å². The summed E-state index contributed by atoms with van der Waals surface area (Å²) in [6.45, 7) is 2.04. The molecule has 0 bridgehead atoms. The average molecular weight is 429 g/mol. The van der Waals surface area contributed by atoms with Crippen LogP contribution in [-0.2, 0) is 4.79 Å². The van der Waals surface area contributed by atoms with Crippen LogP contribution in [0.2, 0.25) is 0 Å². The summed E-state index contributed by atoms with van der Waals surface area (Å²) in [6, 6.07) is 20.2. The molecule has 0 saturated heterocycles. The molecule has 0 amide bonds. The van der Waals surface area contributed by atoms with Crippen molar-refractivity contribution in [2.24, 2.45) is 0 Å². The van der Waals surface area contributed by atoms with Crippen molar-refractivity contribution in [3.05, 3.63) is 101 Å². The second-order valence-electron chi connectivity index (χ2n) is 8.50. The molecule has 1 heterocycles. The van der Waals surface area contributed by atoms with E-state index < -0.39 is 0 Å². The largest absolute Gasteiger partial charge is 0.497 e. The van der Waals surface area contributed by atoms with Gasteiger partial charge in [-0.05, 0) is 72.4 Å². The van der Waals surface area contributed by atoms with Gasteiger partial charge in [0.2, 0.25) is 0 Å². The number of carbonyl (C=O) groups excluding carboxylic acids is 1. The van der Waals surface area contributed by atoms with Crippen LogP contribution in [0.5, 0.6) is 5.75 Å². The zero-order valence-corrected chi connectivity index (χ0v) is 18.1. The van der Waals surface area contributed by atoms with Gasteiger partial charge in [0.05, 0.1) is 24.5 Å². The third-order valence-corrected chi connectivity index (χ3v) is 6.35. The molecule has 2 aliphatic rings. The molecule has 4 nitrogen and oxygen atoms in total. The van der Waals surface area contributed by atoms with Gasteiger partial charge in [0.1, 0.15) is 11.6 Å². The first-order valence-corrected chi connectivity index (χ1v) is 10.8. The predicted octanol–water partition coefficient (Wildman–Crippen LogP) is 6.12. The summed E-state index contributed by atoms with van der Waals surface area (Å²) in [4.78, 5) is 13.5. The van der Waals surface area contributed by atoms with Crippen molar-refractivity contribution >= 4 is 17.2 Å². The Morgan fingerprint density at radius 1 is 0.906 bits per heavy atom. The number of fused-ring (bicyclic) bond motifs is 1. The fourth-order valence-electron chi connectivity index (χ4n) is 4.68. The lowest BCUT2D eigenvalue weighted by Gasteiger charge is -2.30. The van der Waals surface area contributed by atoms with E-state index in [-0.39, 0.29) is 23.6 Å². The van der Waals surface area contributed by atoms with Crippen LogP contribution in [0.1, 0.15) is 41.5 Å². The zero-order chi connectivity index (χ0) is 22.2. The topological polar surface area (TPSA) is 50.4 Å². The van der Waals surface area contributed by atoms with E-state index in [2.05, 4.69) is 22.8 Å². The van der Waals surface area contributed by atoms with Gasteiger partial charge in [-0.3, -0.25) is 4.79 Å². The van der Waals surface area contributed by atoms with Gasteiger partial charge in [-0.25, -0.2) is 4.39 Å². The Morgan fingerprint density at radius 3 is 2.34 bits per heavy atom. The van der Waals surface area contributed by atoms with Crippen LogP contribution in [0.25, 0.3) is 0 Å². The number of carbonyl (C=O) groups is 1. The highest BCUT2D eigenvalue weighted by atomic mass is 19.1. The van der Waals surface area contributed by atoms with E-state index in [4.69, 9.17) is 4.74 Å². The molecule has 0 aromatic heterocycles. The number of rotatable bonds is 3. The minimum atomic E-state index is -0.342. The Bertz CT molecular complexity index is 1200. The van der Waals surface area contributed by atoms with Crippen molar-refractivity contribution in [2.75, 3.05) is 17.7 Å². The van der Waals surface area contributed by atoms with Crippen LogP contribution in [0.4, 0.5) is 15.8 Å². The first kappa shape index (κ1) is 20.3. The van der Waals surface area contributed by atoms with Gasteiger partial charge in [0.15, 0.2) is 5.78 Å². The van der Waals surface area contributed by atoms with Crippen molar-refractivity contribution in [3.63, 3.8) is 0 Å². The first-order valence-electron chi connectivity index (χ1n) is 10.8. The van der Waals surface area contributed by atoms with Crippen LogP contribution in [0, 0.1) is 12.7 Å². The Balaban J connectivity index is 1.58. The number of ketones is 1. The Hall–Kier alpha value is -3.60. The first-order chi connectivity index (χ1) is 15.5. The quantitative estimate of drug-likeness (QED) is 0.528. The summed E-state index contributed by atoms with van der Waals surface area (Å²) in [6.07, 6.45) is 1.15.